The van der Waals surface area contributed by atoms with Crippen LogP contribution in [0.1, 0.15) is 25.3 Å². The van der Waals surface area contributed by atoms with Gasteiger partial charge >= 0.3 is 5.97 Å². The van der Waals surface area contributed by atoms with Crippen LogP contribution in [0.4, 0.5) is 11.4 Å². The third-order valence-electron chi connectivity index (χ3n) is 6.34. The second-order valence-corrected chi connectivity index (χ2v) is 8.64. The van der Waals surface area contributed by atoms with E-state index in [1.54, 1.807) is 0 Å². The number of hydrogen-bond acceptors (Lipinski definition) is 7. The van der Waals surface area contributed by atoms with Gasteiger partial charge in [0, 0.05) is 48.0 Å². The van der Waals surface area contributed by atoms with Crippen LogP contribution in [-0.2, 0) is 16.1 Å². The van der Waals surface area contributed by atoms with Crippen LogP contribution in [0.2, 0.25) is 0 Å². The zero-order chi connectivity index (χ0) is 23.5. The molecule has 0 bridgehead atoms. The number of anilines is 2. The van der Waals surface area contributed by atoms with Crippen LogP contribution < -0.4 is 25.2 Å². The summed E-state index contributed by atoms with van der Waals surface area (Å²) in [6, 6.07) is 13.7. The average molecular weight is 464 g/mol. The molecule has 1 atom stereocenters. The number of nitrogens with zero attached hydrogens (tertiary/aromatic N) is 1. The van der Waals surface area contributed by atoms with Gasteiger partial charge in [0.2, 0.25) is 0 Å². The molecule has 178 valence electrons. The molecule has 3 aromatic rings. The second kappa shape index (κ2) is 9.67. The molecule has 8 nitrogen and oxygen atoms in total. The van der Waals surface area contributed by atoms with Gasteiger partial charge in [-0.25, -0.2) is 0 Å². The third-order valence-corrected chi connectivity index (χ3v) is 6.34. The average Bonchev–Trinajstić information content (AvgIpc) is 2.87. The molecule has 1 aromatic heterocycles. The highest BCUT2D eigenvalue weighted by Gasteiger charge is 2.27. The number of ether oxygens (including phenoxy) is 3. The summed E-state index contributed by atoms with van der Waals surface area (Å²) < 4.78 is 16.5. The Bertz CT molecular complexity index is 1240. The van der Waals surface area contributed by atoms with Gasteiger partial charge in [-0.15, -0.1) is 0 Å². The van der Waals surface area contributed by atoms with Crippen molar-refractivity contribution in [1.29, 1.82) is 0 Å². The largest absolute Gasteiger partial charge is 0.486 e. The molecule has 1 saturated heterocycles. The smallest absolute Gasteiger partial charge is 0.310 e. The minimum atomic E-state index is -0.133. The number of H-pyrrole nitrogens is 1. The zero-order valence-corrected chi connectivity index (χ0v) is 19.3. The molecular weight excluding hydrogens is 434 g/mol. The number of carbonyl (C=O) groups excluding carboxylic acids is 1. The quantitative estimate of drug-likeness (QED) is 0.539. The number of carbonyl (C=O) groups is 1. The number of fused-ring (bicyclic) bond motifs is 2. The van der Waals surface area contributed by atoms with Gasteiger partial charge < -0.3 is 29.4 Å². The number of aromatic nitrogens is 1. The predicted octanol–water partition coefficient (Wildman–Crippen LogP) is 3.69. The summed E-state index contributed by atoms with van der Waals surface area (Å²) in [5.41, 5.74) is 3.23. The molecule has 3 heterocycles. The van der Waals surface area contributed by atoms with Gasteiger partial charge in [-0.05, 0) is 56.2 Å². The van der Waals surface area contributed by atoms with Crippen molar-refractivity contribution in [3.8, 4) is 11.5 Å². The van der Waals surface area contributed by atoms with E-state index >= 15 is 0 Å². The molecule has 0 saturated carbocycles. The summed E-state index contributed by atoms with van der Waals surface area (Å²) in [6.45, 7) is 5.28. The van der Waals surface area contributed by atoms with Gasteiger partial charge in [-0.3, -0.25) is 9.59 Å². The molecule has 0 aliphatic carbocycles. The van der Waals surface area contributed by atoms with Crippen molar-refractivity contribution in [3.05, 3.63) is 58.4 Å². The summed E-state index contributed by atoms with van der Waals surface area (Å²) in [5, 5.41) is 4.23. The van der Waals surface area contributed by atoms with E-state index in [9.17, 15) is 9.59 Å². The van der Waals surface area contributed by atoms with Crippen molar-refractivity contribution in [2.75, 3.05) is 43.1 Å². The van der Waals surface area contributed by atoms with Crippen LogP contribution in [0.3, 0.4) is 0 Å². The van der Waals surface area contributed by atoms with Gasteiger partial charge in [0.15, 0.2) is 11.5 Å². The Morgan fingerprint density at radius 1 is 1.15 bits per heavy atom. The van der Waals surface area contributed by atoms with Crippen LogP contribution in [-0.4, -0.2) is 43.9 Å². The second-order valence-electron chi connectivity index (χ2n) is 8.64. The maximum absolute atomic E-state index is 12.6. The van der Waals surface area contributed by atoms with Crippen molar-refractivity contribution in [2.24, 2.45) is 5.92 Å². The first-order chi connectivity index (χ1) is 16.6. The van der Waals surface area contributed by atoms with Gasteiger partial charge in [0.05, 0.1) is 18.0 Å². The Morgan fingerprint density at radius 2 is 1.91 bits per heavy atom. The first kappa shape index (κ1) is 22.1. The number of pyridine rings is 1. The van der Waals surface area contributed by atoms with Crippen molar-refractivity contribution in [2.45, 2.75) is 26.3 Å². The SMILES string of the molecule is CCOC(=O)C1CCCN(c2ccc(NCc3cc4cc5c(cc4[nH]c3=O)OCCO5)cc2)C1. The fourth-order valence-electron chi connectivity index (χ4n) is 4.57. The molecule has 0 amide bonds. The van der Waals surface area contributed by atoms with Crippen molar-refractivity contribution >= 4 is 28.2 Å². The number of rotatable bonds is 6. The highest BCUT2D eigenvalue weighted by molar-refractivity contribution is 5.83. The lowest BCUT2D eigenvalue weighted by Gasteiger charge is -2.33. The zero-order valence-electron chi connectivity index (χ0n) is 19.3. The highest BCUT2D eigenvalue weighted by atomic mass is 16.6. The van der Waals surface area contributed by atoms with Crippen LogP contribution >= 0.6 is 0 Å². The first-order valence-corrected chi connectivity index (χ1v) is 11.8. The van der Waals surface area contributed by atoms with E-state index in [2.05, 4.69) is 15.2 Å². The van der Waals surface area contributed by atoms with E-state index in [0.29, 0.717) is 50.0 Å². The Labute approximate surface area is 197 Å². The Hall–Kier alpha value is -3.68. The van der Waals surface area contributed by atoms with Gasteiger partial charge in [-0.1, -0.05) is 0 Å². The number of aromatic amines is 1. The van der Waals surface area contributed by atoms with Crippen LogP contribution in [0.5, 0.6) is 11.5 Å². The molecule has 1 unspecified atom stereocenters. The lowest BCUT2D eigenvalue weighted by atomic mass is 9.97. The topological polar surface area (TPSA) is 92.9 Å². The van der Waals surface area contributed by atoms with Crippen LogP contribution in [0, 0.1) is 5.92 Å². The lowest BCUT2D eigenvalue weighted by Crippen LogP contribution is -2.39. The molecular formula is C26H29N3O5. The Balaban J connectivity index is 1.25. The first-order valence-electron chi connectivity index (χ1n) is 11.8. The molecule has 2 N–H and O–H groups in total. The van der Waals surface area contributed by atoms with Crippen LogP contribution in [0.25, 0.3) is 10.9 Å². The summed E-state index contributed by atoms with van der Waals surface area (Å²) >= 11 is 0. The molecule has 5 rings (SSSR count). The molecule has 2 aromatic carbocycles. The number of nitrogens with one attached hydrogen (secondary N) is 2. The molecule has 8 heteroatoms. The van der Waals surface area contributed by atoms with E-state index in [4.69, 9.17) is 14.2 Å². The Kier molecular flexibility index (Phi) is 6.29. The third kappa shape index (κ3) is 4.66. The summed E-state index contributed by atoms with van der Waals surface area (Å²) in [6.07, 6.45) is 1.84. The fourth-order valence-corrected chi connectivity index (χ4v) is 4.57. The monoisotopic (exact) mass is 463 g/mol. The van der Waals surface area contributed by atoms with Gasteiger partial charge in [0.25, 0.3) is 5.56 Å². The Morgan fingerprint density at radius 3 is 2.68 bits per heavy atom. The summed E-state index contributed by atoms with van der Waals surface area (Å²) in [7, 11) is 0. The fraction of sp³-hybridized carbons (Fsp3) is 0.385. The van der Waals surface area contributed by atoms with E-state index < -0.39 is 0 Å². The van der Waals surface area contributed by atoms with Crippen molar-refractivity contribution in [1.82, 2.24) is 4.98 Å². The summed E-state index contributed by atoms with van der Waals surface area (Å²) in [4.78, 5) is 29.9. The number of esters is 1. The minimum Gasteiger partial charge on any atom is -0.486 e. The van der Waals surface area contributed by atoms with Crippen molar-refractivity contribution < 1.29 is 19.0 Å². The van der Waals surface area contributed by atoms with Crippen LogP contribution in [0.15, 0.2) is 47.3 Å². The highest BCUT2D eigenvalue weighted by Crippen LogP contribution is 2.33. The van der Waals surface area contributed by atoms with E-state index in [1.165, 1.54) is 0 Å². The van der Waals surface area contributed by atoms with E-state index in [1.807, 2.05) is 49.4 Å². The lowest BCUT2D eigenvalue weighted by molar-refractivity contribution is -0.148. The van der Waals surface area contributed by atoms with Gasteiger partial charge in [-0.2, -0.15) is 0 Å². The minimum absolute atomic E-state index is 0.0753. The van der Waals surface area contributed by atoms with Gasteiger partial charge in [0.1, 0.15) is 13.2 Å². The molecule has 2 aliphatic heterocycles. The molecule has 34 heavy (non-hydrogen) atoms. The molecule has 0 radical (unpaired) electrons. The van der Waals surface area contributed by atoms with E-state index in [0.717, 1.165) is 41.7 Å². The molecule has 1 fully saturated rings. The normalized spacial score (nSPS) is 17.4. The molecule has 0 spiro atoms. The number of hydrogen-bond donors (Lipinski definition) is 2. The maximum Gasteiger partial charge on any atom is 0.310 e. The van der Waals surface area contributed by atoms with Crippen molar-refractivity contribution in [3.63, 3.8) is 0 Å². The predicted molar refractivity (Wildman–Crippen MR) is 131 cm³/mol. The standard InChI is InChI=1S/C26H29N3O5/c1-2-32-26(31)17-4-3-9-29(16-17)21-7-5-20(6-8-21)27-15-19-12-18-13-23-24(34-11-10-33-23)14-22(18)28-25(19)30/h5-8,12-14,17,27H,2-4,9-11,15-16H2,1H3,(H,28,30). The van der Waals surface area contributed by atoms with E-state index in [-0.39, 0.29) is 17.4 Å². The molecule has 2 aliphatic rings. The number of benzene rings is 2. The summed E-state index contributed by atoms with van der Waals surface area (Å²) in [5.74, 6) is 1.17. The number of piperidine rings is 1. The maximum atomic E-state index is 12.6.